The van der Waals surface area contributed by atoms with Crippen LogP contribution in [0.5, 0.6) is 0 Å². The van der Waals surface area contributed by atoms with Crippen molar-refractivity contribution in [3.05, 3.63) is 0 Å². The summed E-state index contributed by atoms with van der Waals surface area (Å²) in [4.78, 5) is 4.85. The van der Waals surface area contributed by atoms with E-state index in [2.05, 4.69) is 92.9 Å². The maximum absolute atomic E-state index is 6.34. The zero-order valence-corrected chi connectivity index (χ0v) is 21.1. The Kier molecular flexibility index (Phi) is 7.90. The average Bonchev–Trinajstić information content (AvgIpc) is 2.79. The van der Waals surface area contributed by atoms with Gasteiger partial charge in [0.05, 0.1) is 11.0 Å². The number of aliphatic imine (C=N–C) groups is 1. The molecule has 0 amide bonds. The van der Waals surface area contributed by atoms with Gasteiger partial charge in [-0.05, 0) is 44.8 Å². The van der Waals surface area contributed by atoms with Gasteiger partial charge in [0.25, 0.3) is 0 Å². The first-order chi connectivity index (χ1) is 10.4. The molecule has 0 aromatic rings. The monoisotopic (exact) mass is 565 g/mol. The summed E-state index contributed by atoms with van der Waals surface area (Å²) < 4.78 is 14.4. The Labute approximate surface area is 171 Å². The van der Waals surface area contributed by atoms with Crippen LogP contribution in [-0.2, 0) is 9.16 Å². The van der Waals surface area contributed by atoms with Crippen molar-refractivity contribution in [3.63, 3.8) is 0 Å². The van der Waals surface area contributed by atoms with Crippen LogP contribution in [0.4, 0.5) is 0 Å². The molecule has 1 aliphatic heterocycles. The Hall–Kier alpha value is 1.11. The second kappa shape index (κ2) is 8.20. The number of hydrogen-bond acceptors (Lipinski definition) is 3. The number of hydrogen-bond donors (Lipinski definition) is 0. The molecule has 0 unspecified atom stereocenters. The summed E-state index contributed by atoms with van der Waals surface area (Å²) in [5.74, 6) is 0.971. The van der Waals surface area contributed by atoms with E-state index in [1.54, 1.807) is 0 Å². The molecule has 0 bridgehead atoms. The third-order valence-corrected chi connectivity index (χ3v) is 12.5. The number of alkyl halides is 2. The lowest BCUT2D eigenvalue weighted by Gasteiger charge is -2.36. The largest absolute Gasteiger partial charge is 0.478 e. The fraction of sp³-hybridized carbons (Fsp3) is 0.941. The molecule has 0 aliphatic carbocycles. The van der Waals surface area contributed by atoms with Gasteiger partial charge in [0.2, 0.25) is 0 Å². The second-order valence-corrected chi connectivity index (χ2v) is 15.1. The van der Waals surface area contributed by atoms with Crippen LogP contribution in [0.25, 0.3) is 0 Å². The molecular formula is C17H33I2NO2Si. The molecule has 0 atom stereocenters. The second-order valence-electron chi connectivity index (χ2n) is 8.78. The van der Waals surface area contributed by atoms with Crippen LogP contribution in [0.15, 0.2) is 4.99 Å². The van der Waals surface area contributed by atoms with E-state index in [4.69, 9.17) is 14.2 Å². The Morgan fingerprint density at radius 1 is 1.22 bits per heavy atom. The topological polar surface area (TPSA) is 30.8 Å². The van der Waals surface area contributed by atoms with Crippen LogP contribution < -0.4 is 0 Å². The van der Waals surface area contributed by atoms with E-state index in [9.17, 15) is 0 Å². The van der Waals surface area contributed by atoms with Crippen molar-refractivity contribution in [3.8, 4) is 0 Å². The number of halogens is 2. The van der Waals surface area contributed by atoms with E-state index in [1.165, 1.54) is 0 Å². The van der Waals surface area contributed by atoms with Gasteiger partial charge in [-0.3, -0.25) is 0 Å². The van der Waals surface area contributed by atoms with Crippen LogP contribution in [0.3, 0.4) is 0 Å². The highest BCUT2D eigenvalue weighted by atomic mass is 127. The SMILES string of the molecule is CC1(C)COC(C(CI)(CI)CCCO[Si](C)(C)C(C)(C)C)=N1. The molecule has 23 heavy (non-hydrogen) atoms. The minimum absolute atomic E-state index is 0.0612. The van der Waals surface area contributed by atoms with E-state index >= 15 is 0 Å². The zero-order valence-electron chi connectivity index (χ0n) is 15.8. The van der Waals surface area contributed by atoms with E-state index < -0.39 is 8.32 Å². The first-order valence-corrected chi connectivity index (χ1v) is 14.3. The molecule has 0 spiro atoms. The summed E-state index contributed by atoms with van der Waals surface area (Å²) in [5, 5.41) is 0.277. The van der Waals surface area contributed by atoms with Gasteiger partial charge in [0.1, 0.15) is 6.61 Å². The molecule has 0 radical (unpaired) electrons. The number of ether oxygens (including phenoxy) is 1. The predicted octanol–water partition coefficient (Wildman–Crippen LogP) is 5.85. The Balaban J connectivity index is 2.65. The van der Waals surface area contributed by atoms with E-state index in [0.717, 1.165) is 34.2 Å². The summed E-state index contributed by atoms with van der Waals surface area (Å²) >= 11 is 4.97. The highest BCUT2D eigenvalue weighted by Crippen LogP contribution is 2.38. The predicted molar refractivity (Wildman–Crippen MR) is 120 cm³/mol. The van der Waals surface area contributed by atoms with Gasteiger partial charge < -0.3 is 9.16 Å². The van der Waals surface area contributed by atoms with Crippen molar-refractivity contribution in [2.24, 2.45) is 10.4 Å². The molecule has 136 valence electrons. The zero-order chi connectivity index (χ0) is 17.9. The summed E-state index contributed by atoms with van der Waals surface area (Å²) in [5.41, 5.74) is -0.0124. The lowest BCUT2D eigenvalue weighted by molar-refractivity contribution is 0.235. The standard InChI is InChI=1S/C17H33I2NO2Si/c1-15(2,3)23(6,7)22-10-8-9-17(11-18,12-19)14-20-16(4,5)13-21-14/h8-13H2,1-7H3. The molecule has 0 saturated heterocycles. The minimum atomic E-state index is -1.64. The summed E-state index contributed by atoms with van der Waals surface area (Å²) in [7, 11) is -1.64. The van der Waals surface area contributed by atoms with Crippen molar-refractivity contribution in [2.45, 2.75) is 71.1 Å². The van der Waals surface area contributed by atoms with Crippen LogP contribution >= 0.6 is 45.2 Å². The maximum atomic E-state index is 6.34. The summed E-state index contributed by atoms with van der Waals surface area (Å²) in [6, 6.07) is 0. The van der Waals surface area contributed by atoms with Gasteiger partial charge in [-0.25, -0.2) is 4.99 Å². The molecule has 6 heteroatoms. The minimum Gasteiger partial charge on any atom is -0.478 e. The van der Waals surface area contributed by atoms with Crippen molar-refractivity contribution in [1.82, 2.24) is 0 Å². The van der Waals surface area contributed by atoms with Crippen LogP contribution in [0.1, 0.15) is 47.5 Å². The fourth-order valence-electron chi connectivity index (χ4n) is 2.20. The lowest BCUT2D eigenvalue weighted by atomic mass is 9.87. The van der Waals surface area contributed by atoms with Crippen LogP contribution in [-0.4, -0.2) is 41.8 Å². The molecule has 1 rings (SSSR count). The molecule has 0 aromatic carbocycles. The molecule has 1 heterocycles. The number of rotatable bonds is 8. The van der Waals surface area contributed by atoms with E-state index in [0.29, 0.717) is 6.61 Å². The van der Waals surface area contributed by atoms with Gasteiger partial charge in [0, 0.05) is 15.5 Å². The van der Waals surface area contributed by atoms with Gasteiger partial charge in [-0.1, -0.05) is 66.0 Å². The van der Waals surface area contributed by atoms with Gasteiger partial charge >= 0.3 is 0 Å². The van der Waals surface area contributed by atoms with Gasteiger partial charge in [0.15, 0.2) is 14.2 Å². The smallest absolute Gasteiger partial charge is 0.191 e. The molecule has 0 aromatic heterocycles. The Bertz CT molecular complexity index is 427. The first kappa shape index (κ1) is 22.1. The normalized spacial score (nSPS) is 18.7. The Morgan fingerprint density at radius 2 is 1.78 bits per heavy atom. The van der Waals surface area contributed by atoms with Crippen molar-refractivity contribution < 1.29 is 9.16 Å². The van der Waals surface area contributed by atoms with Crippen molar-refractivity contribution >= 4 is 59.4 Å². The maximum Gasteiger partial charge on any atom is 0.191 e. The molecule has 1 aliphatic rings. The summed E-state index contributed by atoms with van der Waals surface area (Å²) in [6.07, 6.45) is 2.16. The van der Waals surface area contributed by atoms with Crippen molar-refractivity contribution in [2.75, 3.05) is 22.1 Å². The average molecular weight is 565 g/mol. The molecule has 0 fully saturated rings. The molecular weight excluding hydrogens is 532 g/mol. The van der Waals surface area contributed by atoms with E-state index in [-0.39, 0.29) is 16.0 Å². The molecule has 0 saturated carbocycles. The van der Waals surface area contributed by atoms with Crippen LogP contribution in [0.2, 0.25) is 18.1 Å². The van der Waals surface area contributed by atoms with Gasteiger partial charge in [-0.15, -0.1) is 0 Å². The third kappa shape index (κ3) is 5.81. The molecule has 3 nitrogen and oxygen atoms in total. The van der Waals surface area contributed by atoms with Crippen molar-refractivity contribution in [1.29, 1.82) is 0 Å². The van der Waals surface area contributed by atoms with E-state index in [1.807, 2.05) is 0 Å². The first-order valence-electron chi connectivity index (χ1n) is 8.38. The van der Waals surface area contributed by atoms with Gasteiger partial charge in [-0.2, -0.15) is 0 Å². The highest BCUT2D eigenvalue weighted by molar-refractivity contribution is 14.1. The Morgan fingerprint density at radius 3 is 2.17 bits per heavy atom. The fourth-order valence-corrected chi connectivity index (χ4v) is 6.28. The molecule has 0 N–H and O–H groups in total. The van der Waals surface area contributed by atoms with Crippen LogP contribution in [0, 0.1) is 5.41 Å². The third-order valence-electron chi connectivity index (χ3n) is 5.00. The highest BCUT2D eigenvalue weighted by Gasteiger charge is 2.41. The lowest BCUT2D eigenvalue weighted by Crippen LogP contribution is -2.41. The quantitative estimate of drug-likeness (QED) is 0.160. The number of nitrogens with zero attached hydrogens (tertiary/aromatic N) is 1. The summed E-state index contributed by atoms with van der Waals surface area (Å²) in [6.45, 7) is 17.4.